The summed E-state index contributed by atoms with van der Waals surface area (Å²) < 4.78 is 13.4. The number of nitrogens with two attached hydrogens (primary N) is 1. The van der Waals surface area contributed by atoms with Gasteiger partial charge in [0.15, 0.2) is 5.96 Å². The van der Waals surface area contributed by atoms with Crippen molar-refractivity contribution in [2.24, 2.45) is 16.1 Å². The van der Waals surface area contributed by atoms with E-state index in [-0.39, 0.29) is 23.3 Å². The van der Waals surface area contributed by atoms with E-state index in [2.05, 4.69) is 36.4 Å². The third-order valence-corrected chi connectivity index (χ3v) is 3.94. The van der Waals surface area contributed by atoms with Crippen LogP contribution in [0.4, 0.5) is 10.1 Å². The Bertz CT molecular complexity index is 536. The number of guanidine groups is 1. The van der Waals surface area contributed by atoms with E-state index in [1.54, 1.807) is 6.07 Å². The van der Waals surface area contributed by atoms with Crippen LogP contribution >= 0.6 is 0 Å². The summed E-state index contributed by atoms with van der Waals surface area (Å²) in [6, 6.07) is 6.77. The zero-order valence-corrected chi connectivity index (χ0v) is 14.4. The lowest BCUT2D eigenvalue weighted by molar-refractivity contribution is 0.359. The molecular formula is C18H29FN4. The van der Waals surface area contributed by atoms with E-state index in [1.165, 1.54) is 25.0 Å². The number of benzene rings is 1. The monoisotopic (exact) mass is 320 g/mol. The van der Waals surface area contributed by atoms with Gasteiger partial charge in [0.1, 0.15) is 5.82 Å². The molecule has 1 aliphatic rings. The standard InChI is InChI=1S/C18H29FN4/c1-18(2,3)12-21-17(22-14-8-6-7-13(19)11-14)23-16-10-5-4-9-15(16)20/h6-8,11,15-16H,4-5,9-10,12,20H2,1-3H3,(H2,21,22,23)/t15-,16-/m0/s1. The number of rotatable bonds is 3. The van der Waals surface area contributed by atoms with Crippen LogP contribution in [0.2, 0.25) is 0 Å². The Kier molecular flexibility index (Phi) is 5.99. The quantitative estimate of drug-likeness (QED) is 0.590. The highest BCUT2D eigenvalue weighted by Gasteiger charge is 2.23. The Balaban J connectivity index is 2.10. The molecule has 128 valence electrons. The van der Waals surface area contributed by atoms with Crippen molar-refractivity contribution in [3.63, 3.8) is 0 Å². The van der Waals surface area contributed by atoms with Gasteiger partial charge in [-0.25, -0.2) is 4.39 Å². The molecule has 0 unspecified atom stereocenters. The lowest BCUT2D eigenvalue weighted by Gasteiger charge is -2.31. The van der Waals surface area contributed by atoms with Crippen LogP contribution in [0.15, 0.2) is 29.3 Å². The molecule has 2 atom stereocenters. The van der Waals surface area contributed by atoms with Crippen LogP contribution in [0, 0.1) is 11.2 Å². The minimum absolute atomic E-state index is 0.0885. The third-order valence-electron chi connectivity index (χ3n) is 3.94. The molecule has 4 nitrogen and oxygen atoms in total. The average molecular weight is 320 g/mol. The number of nitrogens with one attached hydrogen (secondary N) is 2. The molecule has 1 aromatic rings. The van der Waals surface area contributed by atoms with E-state index in [0.717, 1.165) is 12.8 Å². The summed E-state index contributed by atoms with van der Waals surface area (Å²) >= 11 is 0. The number of halogens is 1. The number of aliphatic imine (C=N–C) groups is 1. The van der Waals surface area contributed by atoms with Gasteiger partial charge in [-0.2, -0.15) is 0 Å². The van der Waals surface area contributed by atoms with Gasteiger partial charge >= 0.3 is 0 Å². The summed E-state index contributed by atoms with van der Waals surface area (Å²) in [5, 5.41) is 6.64. The first-order valence-electron chi connectivity index (χ1n) is 8.43. The van der Waals surface area contributed by atoms with Gasteiger partial charge in [-0.1, -0.05) is 39.7 Å². The fourth-order valence-electron chi connectivity index (χ4n) is 2.65. The highest BCUT2D eigenvalue weighted by molar-refractivity contribution is 5.93. The molecule has 1 aliphatic carbocycles. The maximum atomic E-state index is 13.4. The summed E-state index contributed by atoms with van der Waals surface area (Å²) in [4.78, 5) is 4.66. The second kappa shape index (κ2) is 7.77. The first-order valence-corrected chi connectivity index (χ1v) is 8.43. The van der Waals surface area contributed by atoms with Gasteiger partial charge in [0.05, 0.1) is 0 Å². The molecular weight excluding hydrogens is 291 g/mol. The number of anilines is 1. The Labute approximate surface area is 138 Å². The molecule has 4 N–H and O–H groups in total. The summed E-state index contributed by atoms with van der Waals surface area (Å²) in [6.07, 6.45) is 4.44. The highest BCUT2D eigenvalue weighted by Crippen LogP contribution is 2.18. The zero-order valence-electron chi connectivity index (χ0n) is 14.4. The molecule has 0 aliphatic heterocycles. The molecule has 0 spiro atoms. The Morgan fingerprint density at radius 3 is 2.70 bits per heavy atom. The van der Waals surface area contributed by atoms with Gasteiger partial charge in [0.2, 0.25) is 0 Å². The van der Waals surface area contributed by atoms with Crippen molar-refractivity contribution in [3.05, 3.63) is 30.1 Å². The predicted octanol–water partition coefficient (Wildman–Crippen LogP) is 3.50. The molecule has 0 aromatic heterocycles. The Morgan fingerprint density at radius 2 is 2.04 bits per heavy atom. The molecule has 0 bridgehead atoms. The molecule has 0 radical (unpaired) electrons. The smallest absolute Gasteiger partial charge is 0.196 e. The van der Waals surface area contributed by atoms with Crippen LogP contribution in [0.25, 0.3) is 0 Å². The Morgan fingerprint density at radius 1 is 1.30 bits per heavy atom. The normalized spacial score (nSPS) is 22.7. The van der Waals surface area contributed by atoms with Crippen molar-refractivity contribution in [2.45, 2.75) is 58.5 Å². The minimum Gasteiger partial charge on any atom is -0.352 e. The van der Waals surface area contributed by atoms with Crippen LogP contribution < -0.4 is 16.4 Å². The topological polar surface area (TPSA) is 62.4 Å². The van der Waals surface area contributed by atoms with Crippen LogP contribution in [-0.4, -0.2) is 24.6 Å². The van der Waals surface area contributed by atoms with Crippen molar-refractivity contribution in [2.75, 3.05) is 11.9 Å². The highest BCUT2D eigenvalue weighted by atomic mass is 19.1. The molecule has 5 heteroatoms. The van der Waals surface area contributed by atoms with Crippen molar-refractivity contribution in [3.8, 4) is 0 Å². The molecule has 1 fully saturated rings. The summed E-state index contributed by atoms with van der Waals surface area (Å²) in [5.41, 5.74) is 7.00. The molecule has 0 saturated heterocycles. The van der Waals surface area contributed by atoms with Gasteiger partial charge in [0, 0.05) is 24.3 Å². The van der Waals surface area contributed by atoms with E-state index in [4.69, 9.17) is 5.73 Å². The predicted molar refractivity (Wildman–Crippen MR) is 95.1 cm³/mol. The second-order valence-electron chi connectivity index (χ2n) is 7.56. The molecule has 0 amide bonds. The summed E-state index contributed by atoms with van der Waals surface area (Å²) in [5.74, 6) is 0.410. The van der Waals surface area contributed by atoms with Gasteiger partial charge in [-0.3, -0.25) is 4.99 Å². The fraction of sp³-hybridized carbons (Fsp3) is 0.611. The van der Waals surface area contributed by atoms with E-state index < -0.39 is 0 Å². The maximum absolute atomic E-state index is 13.4. The molecule has 1 saturated carbocycles. The van der Waals surface area contributed by atoms with E-state index in [0.29, 0.717) is 18.2 Å². The SMILES string of the molecule is CC(C)(C)CN=C(Nc1cccc(F)c1)N[C@H]1CCCC[C@@H]1N. The lowest BCUT2D eigenvalue weighted by atomic mass is 9.91. The van der Waals surface area contributed by atoms with Gasteiger partial charge in [-0.15, -0.1) is 0 Å². The van der Waals surface area contributed by atoms with Crippen LogP contribution in [0.1, 0.15) is 46.5 Å². The number of nitrogens with zero attached hydrogens (tertiary/aromatic N) is 1. The van der Waals surface area contributed by atoms with Crippen LogP contribution in [-0.2, 0) is 0 Å². The second-order valence-corrected chi connectivity index (χ2v) is 7.56. The fourth-order valence-corrected chi connectivity index (χ4v) is 2.65. The van der Waals surface area contributed by atoms with Crippen molar-refractivity contribution in [1.29, 1.82) is 0 Å². The molecule has 0 heterocycles. The van der Waals surface area contributed by atoms with Crippen LogP contribution in [0.3, 0.4) is 0 Å². The van der Waals surface area contributed by atoms with Crippen molar-refractivity contribution >= 4 is 11.6 Å². The molecule has 23 heavy (non-hydrogen) atoms. The average Bonchev–Trinajstić information content (AvgIpc) is 2.46. The third kappa shape index (κ3) is 6.18. The largest absolute Gasteiger partial charge is 0.352 e. The lowest BCUT2D eigenvalue weighted by Crippen LogP contribution is -2.51. The van der Waals surface area contributed by atoms with E-state index >= 15 is 0 Å². The molecule has 1 aromatic carbocycles. The number of hydrogen-bond donors (Lipinski definition) is 3. The Hall–Kier alpha value is -1.62. The van der Waals surface area contributed by atoms with Gasteiger partial charge in [0.25, 0.3) is 0 Å². The minimum atomic E-state index is -0.264. The first kappa shape index (κ1) is 17.7. The van der Waals surface area contributed by atoms with E-state index in [1.807, 2.05) is 6.07 Å². The number of hydrogen-bond acceptors (Lipinski definition) is 2. The first-order chi connectivity index (χ1) is 10.8. The van der Waals surface area contributed by atoms with Crippen molar-refractivity contribution < 1.29 is 4.39 Å². The van der Waals surface area contributed by atoms with E-state index in [9.17, 15) is 4.39 Å². The van der Waals surface area contributed by atoms with Gasteiger partial charge in [-0.05, 0) is 36.5 Å². The maximum Gasteiger partial charge on any atom is 0.196 e. The molecule has 2 rings (SSSR count). The van der Waals surface area contributed by atoms with Crippen molar-refractivity contribution in [1.82, 2.24) is 5.32 Å². The van der Waals surface area contributed by atoms with Crippen LogP contribution in [0.5, 0.6) is 0 Å². The van der Waals surface area contributed by atoms with Gasteiger partial charge < -0.3 is 16.4 Å². The summed E-state index contributed by atoms with van der Waals surface area (Å²) in [7, 11) is 0. The zero-order chi connectivity index (χ0) is 16.9. The summed E-state index contributed by atoms with van der Waals surface area (Å²) in [6.45, 7) is 7.10.